The van der Waals surface area contributed by atoms with Crippen molar-refractivity contribution < 1.29 is 0 Å². The lowest BCUT2D eigenvalue weighted by Crippen LogP contribution is -1.92. The summed E-state index contributed by atoms with van der Waals surface area (Å²) in [7, 11) is 0. The second-order valence-electron chi connectivity index (χ2n) is 4.33. The number of thioether (sulfide) groups is 1. The van der Waals surface area contributed by atoms with E-state index in [9.17, 15) is 0 Å². The molecule has 1 nitrogen and oxygen atoms in total. The molecule has 0 spiro atoms. The summed E-state index contributed by atoms with van der Waals surface area (Å²) >= 11 is 3.64. The van der Waals surface area contributed by atoms with E-state index in [1.54, 1.807) is 11.3 Å². The average molecular weight is 287 g/mol. The van der Waals surface area contributed by atoms with Crippen LogP contribution in [0.2, 0.25) is 0 Å². The first-order valence-electron chi connectivity index (χ1n) is 6.17. The molecular formula is C16H17NS2. The highest BCUT2D eigenvalue weighted by molar-refractivity contribution is 7.98. The maximum absolute atomic E-state index is 5.38. The maximum Gasteiger partial charge on any atom is 0.0772 e. The molecule has 0 aliphatic heterocycles. The van der Waals surface area contributed by atoms with Crippen LogP contribution in [0.4, 0.5) is 0 Å². The predicted molar refractivity (Wildman–Crippen MR) is 85.7 cm³/mol. The van der Waals surface area contributed by atoms with E-state index >= 15 is 0 Å². The van der Waals surface area contributed by atoms with Crippen LogP contribution in [0.25, 0.3) is 0 Å². The molecule has 0 bridgehead atoms. The molecule has 0 fully saturated rings. The van der Waals surface area contributed by atoms with Crippen LogP contribution >= 0.6 is 23.1 Å². The number of aryl methyl sites for hydroxylation is 2. The fourth-order valence-corrected chi connectivity index (χ4v) is 3.72. The Morgan fingerprint density at radius 3 is 2.84 bits per heavy atom. The maximum atomic E-state index is 5.38. The molecule has 0 aliphatic rings. The van der Waals surface area contributed by atoms with Gasteiger partial charge in [-0.15, -0.1) is 23.1 Å². The number of nitrogens with two attached hydrogens (primary N) is 1. The summed E-state index contributed by atoms with van der Waals surface area (Å²) in [6.07, 6.45) is 0. The molecule has 0 saturated carbocycles. The van der Waals surface area contributed by atoms with E-state index < -0.39 is 0 Å². The summed E-state index contributed by atoms with van der Waals surface area (Å²) < 4.78 is 0. The zero-order chi connectivity index (χ0) is 13.7. The van der Waals surface area contributed by atoms with E-state index in [0.717, 1.165) is 10.6 Å². The minimum Gasteiger partial charge on any atom is -0.320 e. The Balaban J connectivity index is 2.02. The first-order valence-corrected chi connectivity index (χ1v) is 7.97. The van der Waals surface area contributed by atoms with E-state index in [1.807, 2.05) is 11.8 Å². The minimum atomic E-state index is 0.421. The van der Waals surface area contributed by atoms with Crippen LogP contribution in [-0.2, 0) is 5.75 Å². The van der Waals surface area contributed by atoms with Gasteiger partial charge in [0.1, 0.15) is 0 Å². The van der Waals surface area contributed by atoms with Crippen molar-refractivity contribution in [2.24, 2.45) is 5.73 Å². The van der Waals surface area contributed by atoms with Crippen LogP contribution in [0, 0.1) is 25.7 Å². The van der Waals surface area contributed by atoms with Crippen molar-refractivity contribution in [1.29, 1.82) is 0 Å². The van der Waals surface area contributed by atoms with Gasteiger partial charge in [0.25, 0.3) is 0 Å². The molecule has 2 N–H and O–H groups in total. The fraction of sp³-hybridized carbons (Fsp3) is 0.250. The summed E-state index contributed by atoms with van der Waals surface area (Å²) in [5, 5.41) is 0. The van der Waals surface area contributed by atoms with E-state index in [2.05, 4.69) is 56.0 Å². The van der Waals surface area contributed by atoms with Crippen LogP contribution in [-0.4, -0.2) is 6.54 Å². The minimum absolute atomic E-state index is 0.421. The third-order valence-electron chi connectivity index (χ3n) is 2.69. The van der Waals surface area contributed by atoms with Crippen molar-refractivity contribution in [2.75, 3.05) is 6.54 Å². The molecule has 3 heteroatoms. The standard InChI is InChI=1S/C16H17NS2/c1-12-5-6-13(2)16(10-12)18-11-15-8-7-14(19-15)4-3-9-17/h5-8,10H,9,11,17H2,1-2H3. The average Bonchev–Trinajstić information content (AvgIpc) is 2.85. The molecule has 1 heterocycles. The SMILES string of the molecule is Cc1ccc(C)c(SCc2ccc(C#CCN)s2)c1. The van der Waals surface area contributed by atoms with Gasteiger partial charge in [0.05, 0.1) is 11.4 Å². The summed E-state index contributed by atoms with van der Waals surface area (Å²) in [6, 6.07) is 10.8. The lowest BCUT2D eigenvalue weighted by Gasteiger charge is -2.05. The number of benzene rings is 1. The second-order valence-corrected chi connectivity index (χ2v) is 6.51. The van der Waals surface area contributed by atoms with Crippen LogP contribution in [0.5, 0.6) is 0 Å². The molecule has 0 aliphatic carbocycles. The van der Waals surface area contributed by atoms with Gasteiger partial charge < -0.3 is 5.73 Å². The number of rotatable bonds is 3. The van der Waals surface area contributed by atoms with Gasteiger partial charge in [-0.25, -0.2) is 0 Å². The fourth-order valence-electron chi connectivity index (χ4n) is 1.67. The second kappa shape index (κ2) is 6.81. The monoisotopic (exact) mass is 287 g/mol. The van der Waals surface area contributed by atoms with E-state index in [0.29, 0.717) is 6.54 Å². The highest BCUT2D eigenvalue weighted by atomic mass is 32.2. The molecule has 0 unspecified atom stereocenters. The summed E-state index contributed by atoms with van der Waals surface area (Å²) in [5.74, 6) is 6.97. The van der Waals surface area contributed by atoms with Gasteiger partial charge in [-0.2, -0.15) is 0 Å². The van der Waals surface area contributed by atoms with Crippen molar-refractivity contribution in [3.63, 3.8) is 0 Å². The number of hydrogen-bond acceptors (Lipinski definition) is 3. The normalized spacial score (nSPS) is 10.1. The smallest absolute Gasteiger partial charge is 0.0772 e. The van der Waals surface area contributed by atoms with E-state index in [4.69, 9.17) is 5.73 Å². The largest absolute Gasteiger partial charge is 0.320 e. The topological polar surface area (TPSA) is 26.0 Å². The quantitative estimate of drug-likeness (QED) is 0.683. The zero-order valence-electron chi connectivity index (χ0n) is 11.2. The Bertz CT molecular complexity index is 617. The van der Waals surface area contributed by atoms with Gasteiger partial charge in [0, 0.05) is 15.5 Å². The molecule has 2 rings (SSSR count). The van der Waals surface area contributed by atoms with Gasteiger partial charge in [0.2, 0.25) is 0 Å². The van der Waals surface area contributed by atoms with Crippen molar-refractivity contribution in [2.45, 2.75) is 24.5 Å². The predicted octanol–water partition coefficient (Wildman–Crippen LogP) is 3.97. The highest BCUT2D eigenvalue weighted by Gasteiger charge is 2.03. The summed E-state index contributed by atoms with van der Waals surface area (Å²) in [4.78, 5) is 3.82. The first kappa shape index (κ1) is 14.2. The highest BCUT2D eigenvalue weighted by Crippen LogP contribution is 2.29. The Morgan fingerprint density at radius 1 is 1.21 bits per heavy atom. The zero-order valence-corrected chi connectivity index (χ0v) is 12.8. The Morgan fingerprint density at radius 2 is 2.05 bits per heavy atom. The lowest BCUT2D eigenvalue weighted by molar-refractivity contribution is 1.26. The van der Waals surface area contributed by atoms with Crippen molar-refractivity contribution in [1.82, 2.24) is 0 Å². The molecule has 0 radical (unpaired) electrons. The van der Waals surface area contributed by atoms with Gasteiger partial charge in [0.15, 0.2) is 0 Å². The van der Waals surface area contributed by atoms with Crippen LogP contribution in [0.1, 0.15) is 20.9 Å². The van der Waals surface area contributed by atoms with Gasteiger partial charge >= 0.3 is 0 Å². The Labute approximate surface area is 123 Å². The van der Waals surface area contributed by atoms with Crippen LogP contribution < -0.4 is 5.73 Å². The molecule has 1 aromatic carbocycles. The van der Waals surface area contributed by atoms with Crippen molar-refractivity contribution >= 4 is 23.1 Å². The van der Waals surface area contributed by atoms with Crippen LogP contribution in [0.3, 0.4) is 0 Å². The van der Waals surface area contributed by atoms with E-state index in [-0.39, 0.29) is 0 Å². The molecular weight excluding hydrogens is 270 g/mol. The molecule has 0 saturated heterocycles. The number of hydrogen-bond donors (Lipinski definition) is 1. The summed E-state index contributed by atoms with van der Waals surface area (Å²) in [5.41, 5.74) is 8.03. The van der Waals surface area contributed by atoms with Crippen LogP contribution in [0.15, 0.2) is 35.2 Å². The molecule has 0 amide bonds. The number of thiophene rings is 1. The van der Waals surface area contributed by atoms with Gasteiger partial charge in [-0.1, -0.05) is 29.5 Å². The molecule has 0 atom stereocenters. The Hall–Kier alpha value is -1.21. The molecule has 1 aromatic heterocycles. The van der Waals surface area contributed by atoms with Gasteiger partial charge in [-0.05, 0) is 37.6 Å². The Kier molecular flexibility index (Phi) is 5.09. The third-order valence-corrected chi connectivity index (χ3v) is 5.08. The summed E-state index contributed by atoms with van der Waals surface area (Å²) in [6.45, 7) is 4.72. The third kappa shape index (κ3) is 4.14. The van der Waals surface area contributed by atoms with E-state index in [1.165, 1.54) is 20.9 Å². The van der Waals surface area contributed by atoms with Crippen molar-refractivity contribution in [3.8, 4) is 11.8 Å². The first-order chi connectivity index (χ1) is 9.19. The lowest BCUT2D eigenvalue weighted by atomic mass is 10.2. The van der Waals surface area contributed by atoms with Gasteiger partial charge in [-0.3, -0.25) is 0 Å². The molecule has 19 heavy (non-hydrogen) atoms. The molecule has 98 valence electrons. The van der Waals surface area contributed by atoms with Crippen molar-refractivity contribution in [3.05, 3.63) is 51.2 Å². The molecule has 2 aromatic rings.